The summed E-state index contributed by atoms with van der Waals surface area (Å²) < 4.78 is 25.9. The third kappa shape index (κ3) is 3.26. The molecule has 0 aliphatic heterocycles. The lowest BCUT2D eigenvalue weighted by Crippen LogP contribution is -2.34. The Kier molecular flexibility index (Phi) is 3.85. The van der Waals surface area contributed by atoms with Gasteiger partial charge in [-0.05, 0) is 26.2 Å². The lowest BCUT2D eigenvalue weighted by Gasteiger charge is -2.20. The van der Waals surface area contributed by atoms with E-state index in [4.69, 9.17) is 0 Å². The van der Waals surface area contributed by atoms with Gasteiger partial charge in [-0.25, -0.2) is 13.4 Å². The topological polar surface area (TPSA) is 50.3 Å². The lowest BCUT2D eigenvalue weighted by molar-refractivity contribution is 0.394. The normalized spacial score (nSPS) is 16.6. The Labute approximate surface area is 107 Å². The van der Waals surface area contributed by atoms with Gasteiger partial charge in [0, 0.05) is 11.4 Å². The molecule has 0 spiro atoms. The van der Waals surface area contributed by atoms with Gasteiger partial charge in [-0.2, -0.15) is 4.31 Å². The maximum Gasteiger partial charge on any atom is 0.214 e. The summed E-state index contributed by atoms with van der Waals surface area (Å²) in [6, 6.07) is 0.216. The molecule has 2 rings (SSSR count). The van der Waals surface area contributed by atoms with Crippen molar-refractivity contribution in [3.8, 4) is 0 Å². The Bertz CT molecular complexity index is 477. The summed E-state index contributed by atoms with van der Waals surface area (Å²) in [5.74, 6) is 0.243. The summed E-state index contributed by atoms with van der Waals surface area (Å²) in [7, 11) is -3.10. The van der Waals surface area contributed by atoms with Gasteiger partial charge in [0.05, 0.1) is 23.0 Å². The third-order valence-corrected chi connectivity index (χ3v) is 5.65. The van der Waals surface area contributed by atoms with Crippen LogP contribution >= 0.6 is 11.3 Å². The van der Waals surface area contributed by atoms with Gasteiger partial charge in [0.1, 0.15) is 0 Å². The van der Waals surface area contributed by atoms with Crippen molar-refractivity contribution in [3.05, 3.63) is 16.1 Å². The minimum absolute atomic E-state index is 0.216. The summed E-state index contributed by atoms with van der Waals surface area (Å²) in [5, 5.41) is 2.94. The molecule has 96 valence electrons. The highest BCUT2D eigenvalue weighted by Crippen LogP contribution is 2.31. The van der Waals surface area contributed by atoms with Gasteiger partial charge in [-0.1, -0.05) is 6.92 Å². The van der Waals surface area contributed by atoms with Gasteiger partial charge in [0.25, 0.3) is 0 Å². The first-order valence-corrected chi connectivity index (χ1v) is 8.42. The lowest BCUT2D eigenvalue weighted by atomic mass is 10.4. The van der Waals surface area contributed by atoms with Gasteiger partial charge in [0.2, 0.25) is 10.0 Å². The van der Waals surface area contributed by atoms with Crippen LogP contribution in [0.4, 0.5) is 0 Å². The Morgan fingerprint density at radius 3 is 2.71 bits per heavy atom. The Morgan fingerprint density at radius 2 is 2.24 bits per heavy atom. The molecule has 0 bridgehead atoms. The van der Waals surface area contributed by atoms with Crippen molar-refractivity contribution >= 4 is 21.4 Å². The highest BCUT2D eigenvalue weighted by atomic mass is 32.2. The predicted octanol–water partition coefficient (Wildman–Crippen LogP) is 2.16. The van der Waals surface area contributed by atoms with E-state index in [0.717, 1.165) is 23.5 Å². The number of hydrogen-bond acceptors (Lipinski definition) is 4. The third-order valence-electron chi connectivity index (χ3n) is 2.76. The number of hydrogen-bond donors (Lipinski definition) is 0. The molecule has 1 aromatic heterocycles. The van der Waals surface area contributed by atoms with Crippen LogP contribution in [0.25, 0.3) is 0 Å². The molecule has 1 heterocycles. The SMILES string of the molecule is CCCS(=O)(=O)N(Cc1csc(C)n1)C1CC1. The molecule has 1 fully saturated rings. The largest absolute Gasteiger partial charge is 0.245 e. The molecule has 0 atom stereocenters. The van der Waals surface area contributed by atoms with Gasteiger partial charge >= 0.3 is 0 Å². The van der Waals surface area contributed by atoms with E-state index in [1.54, 1.807) is 15.6 Å². The van der Waals surface area contributed by atoms with Crippen LogP contribution in [0.1, 0.15) is 36.9 Å². The van der Waals surface area contributed by atoms with Crippen molar-refractivity contribution < 1.29 is 8.42 Å². The molecule has 17 heavy (non-hydrogen) atoms. The highest BCUT2D eigenvalue weighted by Gasteiger charge is 2.36. The summed E-state index contributed by atoms with van der Waals surface area (Å²) in [5.41, 5.74) is 0.874. The second kappa shape index (κ2) is 5.04. The quantitative estimate of drug-likeness (QED) is 0.798. The van der Waals surface area contributed by atoms with Crippen LogP contribution in [0.3, 0.4) is 0 Å². The van der Waals surface area contributed by atoms with Crippen molar-refractivity contribution in [1.82, 2.24) is 9.29 Å². The fourth-order valence-electron chi connectivity index (χ4n) is 1.83. The number of nitrogens with zero attached hydrogens (tertiary/aromatic N) is 2. The van der Waals surface area contributed by atoms with E-state index in [1.165, 1.54) is 0 Å². The molecule has 4 nitrogen and oxygen atoms in total. The zero-order chi connectivity index (χ0) is 12.5. The van der Waals surface area contributed by atoms with Crippen LogP contribution in [0.2, 0.25) is 0 Å². The summed E-state index contributed by atoms with van der Waals surface area (Å²) >= 11 is 1.57. The smallest absolute Gasteiger partial charge is 0.214 e. The molecule has 0 saturated heterocycles. The number of sulfonamides is 1. The average Bonchev–Trinajstić information content (AvgIpc) is 2.99. The first kappa shape index (κ1) is 13.0. The molecule has 0 unspecified atom stereocenters. The van der Waals surface area contributed by atoms with E-state index in [9.17, 15) is 8.42 Å². The van der Waals surface area contributed by atoms with E-state index in [1.807, 2.05) is 19.2 Å². The first-order valence-electron chi connectivity index (χ1n) is 5.93. The highest BCUT2D eigenvalue weighted by molar-refractivity contribution is 7.89. The zero-order valence-corrected chi connectivity index (χ0v) is 11.9. The second-order valence-electron chi connectivity index (χ2n) is 4.45. The molecule has 1 saturated carbocycles. The van der Waals surface area contributed by atoms with Crippen molar-refractivity contribution in [1.29, 1.82) is 0 Å². The Balaban J connectivity index is 2.13. The standard InChI is InChI=1S/C11H18N2O2S2/c1-3-6-17(14,15)13(11-4-5-11)7-10-8-16-9(2)12-10/h8,11H,3-7H2,1-2H3. The van der Waals surface area contributed by atoms with Gasteiger partial charge in [-0.15, -0.1) is 11.3 Å². The fraction of sp³-hybridized carbons (Fsp3) is 0.727. The van der Waals surface area contributed by atoms with Gasteiger partial charge in [-0.3, -0.25) is 0 Å². The number of rotatable bonds is 6. The van der Waals surface area contributed by atoms with Crippen LogP contribution in [-0.2, 0) is 16.6 Å². The Hall–Kier alpha value is -0.460. The molecule has 0 aromatic carbocycles. The maximum absolute atomic E-state index is 12.1. The van der Waals surface area contributed by atoms with E-state index >= 15 is 0 Å². The van der Waals surface area contributed by atoms with Gasteiger partial charge < -0.3 is 0 Å². The van der Waals surface area contributed by atoms with Crippen LogP contribution in [0.15, 0.2) is 5.38 Å². The van der Waals surface area contributed by atoms with Crippen molar-refractivity contribution in [2.75, 3.05) is 5.75 Å². The zero-order valence-electron chi connectivity index (χ0n) is 10.2. The van der Waals surface area contributed by atoms with E-state index in [0.29, 0.717) is 13.0 Å². The molecule has 0 N–H and O–H groups in total. The number of aryl methyl sites for hydroxylation is 1. The minimum Gasteiger partial charge on any atom is -0.245 e. The molecule has 1 aliphatic carbocycles. The van der Waals surface area contributed by atoms with Crippen LogP contribution in [0, 0.1) is 6.92 Å². The van der Waals surface area contributed by atoms with E-state index < -0.39 is 10.0 Å². The van der Waals surface area contributed by atoms with Crippen LogP contribution in [-0.4, -0.2) is 29.5 Å². The first-order chi connectivity index (χ1) is 8.03. The summed E-state index contributed by atoms with van der Waals surface area (Å²) in [4.78, 5) is 4.35. The monoisotopic (exact) mass is 274 g/mol. The van der Waals surface area contributed by atoms with Crippen LogP contribution < -0.4 is 0 Å². The van der Waals surface area contributed by atoms with Gasteiger partial charge in [0.15, 0.2) is 0 Å². The minimum atomic E-state index is -3.10. The van der Waals surface area contributed by atoms with Crippen molar-refractivity contribution in [3.63, 3.8) is 0 Å². The molecular weight excluding hydrogens is 256 g/mol. The molecule has 0 amide bonds. The molecule has 6 heteroatoms. The van der Waals surface area contributed by atoms with E-state index in [-0.39, 0.29) is 11.8 Å². The average molecular weight is 274 g/mol. The fourth-order valence-corrected chi connectivity index (χ4v) is 4.18. The summed E-state index contributed by atoms with van der Waals surface area (Å²) in [6.07, 6.45) is 2.65. The van der Waals surface area contributed by atoms with Crippen molar-refractivity contribution in [2.24, 2.45) is 0 Å². The second-order valence-corrected chi connectivity index (χ2v) is 7.55. The summed E-state index contributed by atoms with van der Waals surface area (Å²) in [6.45, 7) is 4.28. The molecule has 0 radical (unpaired) electrons. The Morgan fingerprint density at radius 1 is 1.53 bits per heavy atom. The van der Waals surface area contributed by atoms with Crippen LogP contribution in [0.5, 0.6) is 0 Å². The molecular formula is C11H18N2O2S2. The maximum atomic E-state index is 12.1. The van der Waals surface area contributed by atoms with Crippen molar-refractivity contribution in [2.45, 2.75) is 45.7 Å². The predicted molar refractivity (Wildman–Crippen MR) is 69.5 cm³/mol. The number of thiazole rings is 1. The number of aromatic nitrogens is 1. The molecule has 1 aliphatic rings. The molecule has 1 aromatic rings. The van der Waals surface area contributed by atoms with E-state index in [2.05, 4.69) is 4.98 Å².